The van der Waals surface area contributed by atoms with Crippen LogP contribution in [-0.2, 0) is 21.5 Å². The zero-order valence-electron chi connectivity index (χ0n) is 16.6. The SMILES string of the molecule is CN(C)S(=O)(=O)N(CC(=O)NCc1ccc(-n2ccnc2)cc1)c1ccc(F)cc1. The summed E-state index contributed by atoms with van der Waals surface area (Å²) in [4.78, 5) is 16.5. The second kappa shape index (κ2) is 9.06. The third kappa shape index (κ3) is 5.02. The topological polar surface area (TPSA) is 87.5 Å². The van der Waals surface area contributed by atoms with Crippen LogP contribution in [0, 0.1) is 5.82 Å². The van der Waals surface area contributed by atoms with Crippen molar-refractivity contribution in [3.8, 4) is 5.69 Å². The van der Waals surface area contributed by atoms with E-state index >= 15 is 0 Å². The number of amides is 1. The van der Waals surface area contributed by atoms with Crippen LogP contribution >= 0.6 is 0 Å². The fraction of sp³-hybridized carbons (Fsp3) is 0.200. The second-order valence-electron chi connectivity index (χ2n) is 6.69. The Morgan fingerprint density at radius 3 is 2.33 bits per heavy atom. The molecule has 10 heteroatoms. The highest BCUT2D eigenvalue weighted by Crippen LogP contribution is 2.19. The number of anilines is 1. The molecule has 1 N–H and O–H groups in total. The minimum absolute atomic E-state index is 0.199. The average molecular weight is 431 g/mol. The van der Waals surface area contributed by atoms with E-state index in [-0.39, 0.29) is 12.2 Å². The molecule has 0 aliphatic rings. The molecule has 0 aliphatic carbocycles. The van der Waals surface area contributed by atoms with Gasteiger partial charge in [0.2, 0.25) is 5.91 Å². The van der Waals surface area contributed by atoms with E-state index in [0.29, 0.717) is 0 Å². The summed E-state index contributed by atoms with van der Waals surface area (Å²) in [5.41, 5.74) is 1.99. The maximum Gasteiger partial charge on any atom is 0.304 e. The fourth-order valence-electron chi connectivity index (χ4n) is 2.70. The molecule has 0 saturated carbocycles. The molecule has 1 aromatic heterocycles. The molecule has 0 bridgehead atoms. The summed E-state index contributed by atoms with van der Waals surface area (Å²) in [6, 6.07) is 12.4. The number of carbonyl (C=O) groups excluding carboxylic acids is 1. The molecular formula is C20H22FN5O3S. The van der Waals surface area contributed by atoms with Crippen LogP contribution in [0.4, 0.5) is 10.1 Å². The normalized spacial score (nSPS) is 11.5. The Kier molecular flexibility index (Phi) is 6.48. The van der Waals surface area contributed by atoms with E-state index in [9.17, 15) is 17.6 Å². The molecule has 158 valence electrons. The summed E-state index contributed by atoms with van der Waals surface area (Å²) in [6.45, 7) is -0.193. The van der Waals surface area contributed by atoms with E-state index in [1.807, 2.05) is 35.0 Å². The lowest BCUT2D eigenvalue weighted by Gasteiger charge is -2.26. The van der Waals surface area contributed by atoms with Crippen molar-refractivity contribution >= 4 is 21.8 Å². The average Bonchev–Trinajstić information content (AvgIpc) is 3.26. The number of hydrogen-bond acceptors (Lipinski definition) is 4. The first-order valence-corrected chi connectivity index (χ1v) is 10.5. The van der Waals surface area contributed by atoms with Crippen LogP contribution in [0.2, 0.25) is 0 Å². The van der Waals surface area contributed by atoms with Crippen LogP contribution in [0.15, 0.2) is 67.3 Å². The molecule has 3 aromatic rings. The van der Waals surface area contributed by atoms with Gasteiger partial charge in [0, 0.05) is 38.7 Å². The first-order valence-electron chi connectivity index (χ1n) is 9.07. The molecule has 0 atom stereocenters. The summed E-state index contributed by atoms with van der Waals surface area (Å²) in [6.07, 6.45) is 5.20. The molecule has 0 aliphatic heterocycles. The lowest BCUT2D eigenvalue weighted by atomic mass is 10.2. The Balaban J connectivity index is 1.68. The zero-order valence-corrected chi connectivity index (χ0v) is 17.4. The molecule has 1 amide bonds. The van der Waals surface area contributed by atoms with Gasteiger partial charge in [-0.15, -0.1) is 0 Å². The van der Waals surface area contributed by atoms with Crippen molar-refractivity contribution in [2.45, 2.75) is 6.54 Å². The maximum absolute atomic E-state index is 13.2. The lowest BCUT2D eigenvalue weighted by molar-refractivity contribution is -0.119. The van der Waals surface area contributed by atoms with Gasteiger partial charge in [0.05, 0.1) is 12.0 Å². The van der Waals surface area contributed by atoms with Gasteiger partial charge in [0.1, 0.15) is 12.4 Å². The van der Waals surface area contributed by atoms with Crippen LogP contribution in [-0.4, -0.2) is 48.8 Å². The van der Waals surface area contributed by atoms with Crippen molar-refractivity contribution in [1.29, 1.82) is 0 Å². The molecule has 3 rings (SSSR count). The zero-order chi connectivity index (χ0) is 21.7. The number of carbonyl (C=O) groups is 1. The van der Waals surface area contributed by atoms with Crippen LogP contribution in [0.1, 0.15) is 5.56 Å². The summed E-state index contributed by atoms with van der Waals surface area (Å²) in [5.74, 6) is -0.979. The Labute approximate surface area is 174 Å². The van der Waals surface area contributed by atoms with E-state index in [0.717, 1.165) is 32.0 Å². The number of aromatic nitrogens is 2. The molecular weight excluding hydrogens is 409 g/mol. The predicted octanol–water partition coefficient (Wildman–Crippen LogP) is 1.94. The van der Waals surface area contributed by atoms with E-state index in [4.69, 9.17) is 0 Å². The summed E-state index contributed by atoms with van der Waals surface area (Å²) in [7, 11) is -1.21. The van der Waals surface area contributed by atoms with Gasteiger partial charge >= 0.3 is 10.2 Å². The summed E-state index contributed by atoms with van der Waals surface area (Å²) >= 11 is 0. The van der Waals surface area contributed by atoms with E-state index < -0.39 is 28.5 Å². The van der Waals surface area contributed by atoms with Crippen molar-refractivity contribution in [3.05, 3.63) is 78.6 Å². The third-order valence-electron chi connectivity index (χ3n) is 4.37. The first kappa shape index (κ1) is 21.5. The smallest absolute Gasteiger partial charge is 0.304 e. The van der Waals surface area contributed by atoms with Gasteiger partial charge in [-0.3, -0.25) is 4.79 Å². The van der Waals surface area contributed by atoms with Gasteiger partial charge < -0.3 is 9.88 Å². The van der Waals surface area contributed by atoms with Crippen molar-refractivity contribution in [2.24, 2.45) is 0 Å². The summed E-state index contributed by atoms with van der Waals surface area (Å²) < 4.78 is 42.3. The Morgan fingerprint density at radius 1 is 1.10 bits per heavy atom. The Hall–Kier alpha value is -3.24. The molecule has 1 heterocycles. The standard InChI is InChI=1S/C20H22FN5O3S/c1-24(2)30(28,29)26(19-9-5-17(21)6-10-19)14-20(27)23-13-16-3-7-18(8-4-16)25-12-11-22-15-25/h3-12,15H,13-14H2,1-2H3,(H,23,27). The van der Waals surface area contributed by atoms with Crippen molar-refractivity contribution in [2.75, 3.05) is 24.9 Å². The Bertz CT molecular complexity index is 1080. The number of hydrogen-bond donors (Lipinski definition) is 1. The van der Waals surface area contributed by atoms with Gasteiger partial charge in [-0.05, 0) is 42.0 Å². The number of benzene rings is 2. The number of rotatable bonds is 8. The second-order valence-corrected chi connectivity index (χ2v) is 8.75. The molecule has 0 saturated heterocycles. The monoisotopic (exact) mass is 431 g/mol. The minimum Gasteiger partial charge on any atom is -0.350 e. The summed E-state index contributed by atoms with van der Waals surface area (Å²) in [5, 5.41) is 2.72. The molecule has 8 nitrogen and oxygen atoms in total. The lowest BCUT2D eigenvalue weighted by Crippen LogP contribution is -2.45. The third-order valence-corrected chi connectivity index (χ3v) is 6.19. The van der Waals surface area contributed by atoms with Gasteiger partial charge in [0.25, 0.3) is 0 Å². The number of nitrogens with zero attached hydrogens (tertiary/aromatic N) is 4. The van der Waals surface area contributed by atoms with Gasteiger partial charge in [-0.25, -0.2) is 13.7 Å². The van der Waals surface area contributed by atoms with Crippen LogP contribution in [0.25, 0.3) is 5.69 Å². The highest BCUT2D eigenvalue weighted by molar-refractivity contribution is 7.90. The molecule has 0 spiro atoms. The van der Waals surface area contributed by atoms with Crippen molar-refractivity contribution < 1.29 is 17.6 Å². The number of halogens is 1. The highest BCUT2D eigenvalue weighted by Gasteiger charge is 2.27. The molecule has 2 aromatic carbocycles. The van der Waals surface area contributed by atoms with E-state index in [1.54, 1.807) is 12.5 Å². The number of imidazole rings is 1. The minimum atomic E-state index is -3.94. The predicted molar refractivity (Wildman–Crippen MR) is 112 cm³/mol. The molecule has 0 unspecified atom stereocenters. The van der Waals surface area contributed by atoms with E-state index in [1.165, 1.54) is 26.2 Å². The molecule has 0 fully saturated rings. The quantitative estimate of drug-likeness (QED) is 0.591. The van der Waals surface area contributed by atoms with E-state index in [2.05, 4.69) is 10.3 Å². The van der Waals surface area contributed by atoms with Crippen LogP contribution < -0.4 is 9.62 Å². The van der Waals surface area contributed by atoms with Crippen molar-refractivity contribution in [3.63, 3.8) is 0 Å². The maximum atomic E-state index is 13.2. The molecule has 30 heavy (non-hydrogen) atoms. The highest BCUT2D eigenvalue weighted by atomic mass is 32.2. The first-order chi connectivity index (χ1) is 14.3. The van der Waals surface area contributed by atoms with Gasteiger partial charge in [-0.1, -0.05) is 12.1 Å². The van der Waals surface area contributed by atoms with Crippen LogP contribution in [0.3, 0.4) is 0 Å². The van der Waals surface area contributed by atoms with Gasteiger partial charge in [0.15, 0.2) is 0 Å². The number of nitrogens with one attached hydrogen (secondary N) is 1. The largest absolute Gasteiger partial charge is 0.350 e. The Morgan fingerprint density at radius 2 is 1.77 bits per heavy atom. The van der Waals surface area contributed by atoms with Crippen LogP contribution in [0.5, 0.6) is 0 Å². The van der Waals surface area contributed by atoms with Crippen molar-refractivity contribution in [1.82, 2.24) is 19.2 Å². The fourth-order valence-corrected chi connectivity index (χ4v) is 3.76. The molecule has 0 radical (unpaired) electrons. The van der Waals surface area contributed by atoms with Gasteiger partial charge in [-0.2, -0.15) is 12.7 Å².